The van der Waals surface area contributed by atoms with Crippen molar-refractivity contribution in [3.63, 3.8) is 0 Å². The van der Waals surface area contributed by atoms with Crippen molar-refractivity contribution in [3.05, 3.63) is 88.5 Å². The predicted molar refractivity (Wildman–Crippen MR) is 164 cm³/mol. The molecule has 0 heterocycles. The Balaban J connectivity index is 1.30. The van der Waals surface area contributed by atoms with Crippen LogP contribution in [0.4, 0.5) is 5.69 Å². The molecular weight excluding hydrogens is 550 g/mol. The van der Waals surface area contributed by atoms with Crippen LogP contribution < -0.4 is 9.47 Å². The maximum absolute atomic E-state index is 12.0. The van der Waals surface area contributed by atoms with E-state index in [1.165, 1.54) is 12.1 Å². The Labute approximate surface area is 253 Å². The van der Waals surface area contributed by atoms with Gasteiger partial charge in [-0.25, -0.2) is 0 Å². The summed E-state index contributed by atoms with van der Waals surface area (Å²) in [6, 6.07) is 22.1. The van der Waals surface area contributed by atoms with Gasteiger partial charge in [-0.05, 0) is 79.8 Å². The molecule has 3 aromatic rings. The fourth-order valence-electron chi connectivity index (χ4n) is 4.53. The molecule has 230 valence electrons. The highest BCUT2D eigenvalue weighted by Crippen LogP contribution is 2.25. The number of nitro benzene ring substituents is 1. The van der Waals surface area contributed by atoms with Crippen molar-refractivity contribution in [2.75, 3.05) is 19.8 Å². The van der Waals surface area contributed by atoms with Gasteiger partial charge in [0.05, 0.1) is 24.7 Å². The van der Waals surface area contributed by atoms with E-state index >= 15 is 0 Å². The van der Waals surface area contributed by atoms with Gasteiger partial charge in [0.15, 0.2) is 5.92 Å². The third-order valence-corrected chi connectivity index (χ3v) is 6.89. The lowest BCUT2D eigenvalue weighted by atomic mass is 10.0. The summed E-state index contributed by atoms with van der Waals surface area (Å²) >= 11 is 0. The average Bonchev–Trinajstić information content (AvgIpc) is 3.02. The zero-order chi connectivity index (χ0) is 30.9. The van der Waals surface area contributed by atoms with Crippen LogP contribution in [-0.4, -0.2) is 36.7 Å². The Morgan fingerprint density at radius 3 is 1.67 bits per heavy atom. The molecule has 3 aromatic carbocycles. The minimum absolute atomic E-state index is 0.0604. The summed E-state index contributed by atoms with van der Waals surface area (Å²) in [5.41, 5.74) is 3.05. The van der Waals surface area contributed by atoms with Crippen molar-refractivity contribution in [2.24, 2.45) is 5.92 Å². The molecule has 0 atom stereocenters. The lowest BCUT2D eigenvalue weighted by Crippen LogP contribution is -2.28. The number of nitrogens with zero attached hydrogens (tertiary/aromatic N) is 1. The SMILES string of the molecule is CCOC(=O)C(CCCCCCCCOc1ccc(-c2ccc(OCc3ccc([N+](=O)[O-])cc3)cc2)cc1)C(=O)OCC. The average molecular weight is 592 g/mol. The monoisotopic (exact) mass is 591 g/mol. The van der Waals surface area contributed by atoms with Crippen LogP contribution in [0.15, 0.2) is 72.8 Å². The fourth-order valence-corrected chi connectivity index (χ4v) is 4.53. The quantitative estimate of drug-likeness (QED) is 0.0458. The van der Waals surface area contributed by atoms with E-state index < -0.39 is 22.8 Å². The highest BCUT2D eigenvalue weighted by molar-refractivity contribution is 5.94. The molecule has 0 spiro atoms. The van der Waals surface area contributed by atoms with Crippen molar-refractivity contribution < 1.29 is 33.5 Å². The van der Waals surface area contributed by atoms with Gasteiger partial charge in [0.25, 0.3) is 5.69 Å². The number of hydrogen-bond donors (Lipinski definition) is 0. The standard InChI is InChI=1S/C34H41NO8/c1-3-40-33(36)32(34(37)41-4-2)11-9-7-5-6-8-10-24-42-30-20-14-27(15-21-30)28-16-22-31(23-17-28)43-25-26-12-18-29(19-13-26)35(38)39/h12-23,32H,3-11,24-25H2,1-2H3. The normalized spacial score (nSPS) is 10.8. The third kappa shape index (κ3) is 11.4. The van der Waals surface area contributed by atoms with E-state index in [0.717, 1.165) is 66.7 Å². The molecule has 0 aromatic heterocycles. The number of nitro groups is 1. The lowest BCUT2D eigenvalue weighted by molar-refractivity contribution is -0.384. The lowest BCUT2D eigenvalue weighted by Gasteiger charge is -2.14. The number of non-ortho nitro benzene ring substituents is 1. The number of carbonyl (C=O) groups is 2. The highest BCUT2D eigenvalue weighted by Gasteiger charge is 2.28. The van der Waals surface area contributed by atoms with Crippen LogP contribution in [0.25, 0.3) is 11.1 Å². The minimum atomic E-state index is -0.825. The molecule has 0 unspecified atom stereocenters. The molecule has 0 aliphatic rings. The summed E-state index contributed by atoms with van der Waals surface area (Å²) < 4.78 is 21.8. The second-order valence-corrected chi connectivity index (χ2v) is 10.1. The molecule has 3 rings (SSSR count). The van der Waals surface area contributed by atoms with E-state index in [-0.39, 0.29) is 18.9 Å². The van der Waals surface area contributed by atoms with Gasteiger partial charge in [0.1, 0.15) is 18.1 Å². The number of esters is 2. The van der Waals surface area contributed by atoms with Gasteiger partial charge in [0, 0.05) is 12.1 Å². The maximum Gasteiger partial charge on any atom is 0.320 e. The summed E-state index contributed by atoms with van der Waals surface area (Å²) in [6.07, 6.45) is 6.30. The van der Waals surface area contributed by atoms with Gasteiger partial charge in [-0.15, -0.1) is 0 Å². The van der Waals surface area contributed by atoms with Gasteiger partial charge in [-0.1, -0.05) is 56.4 Å². The molecule has 0 fully saturated rings. The van der Waals surface area contributed by atoms with E-state index in [9.17, 15) is 19.7 Å². The zero-order valence-corrected chi connectivity index (χ0v) is 25.0. The third-order valence-electron chi connectivity index (χ3n) is 6.89. The first-order valence-corrected chi connectivity index (χ1v) is 14.9. The van der Waals surface area contributed by atoms with Crippen LogP contribution in [0.2, 0.25) is 0 Å². The molecule has 0 radical (unpaired) electrons. The van der Waals surface area contributed by atoms with Crippen molar-refractivity contribution in [1.29, 1.82) is 0 Å². The first-order chi connectivity index (χ1) is 20.9. The Bertz CT molecular complexity index is 1260. The molecule has 0 bridgehead atoms. The molecule has 0 saturated heterocycles. The van der Waals surface area contributed by atoms with Crippen molar-refractivity contribution in [1.82, 2.24) is 0 Å². The molecule has 0 saturated carbocycles. The molecule has 9 heteroatoms. The largest absolute Gasteiger partial charge is 0.494 e. The van der Waals surface area contributed by atoms with E-state index in [4.69, 9.17) is 18.9 Å². The Kier molecular flexibility index (Phi) is 14.0. The van der Waals surface area contributed by atoms with Crippen molar-refractivity contribution in [3.8, 4) is 22.6 Å². The fraction of sp³-hybridized carbons (Fsp3) is 0.412. The maximum atomic E-state index is 12.0. The Morgan fingerprint density at radius 2 is 1.16 bits per heavy atom. The first-order valence-electron chi connectivity index (χ1n) is 14.9. The molecule has 9 nitrogen and oxygen atoms in total. The van der Waals surface area contributed by atoms with E-state index in [2.05, 4.69) is 0 Å². The number of rotatable bonds is 19. The zero-order valence-electron chi connectivity index (χ0n) is 25.0. The van der Waals surface area contributed by atoms with Gasteiger partial charge in [0.2, 0.25) is 0 Å². The number of ether oxygens (including phenoxy) is 4. The Hall–Kier alpha value is -4.40. The van der Waals surface area contributed by atoms with Crippen LogP contribution in [0, 0.1) is 16.0 Å². The predicted octanol–water partition coefficient (Wildman–Crippen LogP) is 7.69. The number of unbranched alkanes of at least 4 members (excludes halogenated alkanes) is 5. The molecule has 0 aliphatic carbocycles. The number of hydrogen-bond acceptors (Lipinski definition) is 8. The minimum Gasteiger partial charge on any atom is -0.494 e. The molecule has 43 heavy (non-hydrogen) atoms. The van der Waals surface area contributed by atoms with Gasteiger partial charge in [-0.2, -0.15) is 0 Å². The number of carbonyl (C=O) groups excluding carboxylic acids is 2. The summed E-state index contributed by atoms with van der Waals surface area (Å²) in [5, 5.41) is 10.8. The number of benzene rings is 3. The molecular formula is C34H41NO8. The van der Waals surface area contributed by atoms with Crippen LogP contribution in [0.1, 0.15) is 64.4 Å². The summed E-state index contributed by atoms with van der Waals surface area (Å²) in [6.45, 7) is 4.94. The molecule has 0 aliphatic heterocycles. The van der Waals surface area contributed by atoms with Crippen LogP contribution in [0.5, 0.6) is 11.5 Å². The van der Waals surface area contributed by atoms with E-state index in [1.807, 2.05) is 48.5 Å². The van der Waals surface area contributed by atoms with Gasteiger partial charge >= 0.3 is 11.9 Å². The summed E-state index contributed by atoms with van der Waals surface area (Å²) in [7, 11) is 0. The van der Waals surface area contributed by atoms with Gasteiger partial charge < -0.3 is 18.9 Å². The van der Waals surface area contributed by atoms with Crippen molar-refractivity contribution >= 4 is 17.6 Å². The van der Waals surface area contributed by atoms with Crippen LogP contribution in [0.3, 0.4) is 0 Å². The van der Waals surface area contributed by atoms with E-state index in [1.54, 1.807) is 26.0 Å². The van der Waals surface area contributed by atoms with E-state index in [0.29, 0.717) is 19.6 Å². The summed E-state index contributed by atoms with van der Waals surface area (Å²) in [4.78, 5) is 34.5. The topological polar surface area (TPSA) is 114 Å². The van der Waals surface area contributed by atoms with Crippen LogP contribution >= 0.6 is 0 Å². The molecule has 0 N–H and O–H groups in total. The summed E-state index contributed by atoms with van der Waals surface area (Å²) in [5.74, 6) is -0.260. The molecule has 0 amide bonds. The second kappa shape index (κ2) is 18.2. The smallest absolute Gasteiger partial charge is 0.320 e. The Morgan fingerprint density at radius 1 is 0.674 bits per heavy atom. The van der Waals surface area contributed by atoms with Crippen LogP contribution in [-0.2, 0) is 25.7 Å². The van der Waals surface area contributed by atoms with Gasteiger partial charge in [-0.3, -0.25) is 19.7 Å². The van der Waals surface area contributed by atoms with Crippen molar-refractivity contribution in [2.45, 2.75) is 65.4 Å². The second-order valence-electron chi connectivity index (χ2n) is 10.1. The highest BCUT2D eigenvalue weighted by atomic mass is 16.6. The first kappa shape index (κ1) is 33.1.